The molecule has 1 unspecified atom stereocenters. The van der Waals surface area contributed by atoms with Crippen molar-refractivity contribution >= 4 is 15.7 Å². The number of anilines is 1. The molecule has 2 heterocycles. The molecule has 0 aliphatic carbocycles. The third-order valence-corrected chi connectivity index (χ3v) is 7.03. The summed E-state index contributed by atoms with van der Waals surface area (Å²) in [4.78, 5) is 1.73. The summed E-state index contributed by atoms with van der Waals surface area (Å²) in [5.41, 5.74) is -1.21. The number of nitriles is 1. The molecule has 0 amide bonds. The van der Waals surface area contributed by atoms with Crippen LogP contribution in [0.25, 0.3) is 0 Å². The standard InChI is InChI=1S/C19H22F3N5O3S/c1-3-26-12-17(10-24-26)31(28,29)27-7-6-25(11-16(27)13-30-2)15-5-4-14(9-23)18(8-15)19(20,21)22/h4-5,8,10,12,16H,3,6-7,11,13H2,1-2H3. The minimum absolute atomic E-state index is 0.0571. The Labute approximate surface area is 178 Å². The molecule has 31 heavy (non-hydrogen) atoms. The molecule has 2 aromatic rings. The Bertz CT molecular complexity index is 1080. The number of aromatic nitrogens is 2. The average molecular weight is 457 g/mol. The first kappa shape index (κ1) is 23.1. The van der Waals surface area contributed by atoms with Gasteiger partial charge in [0.05, 0.1) is 36.0 Å². The summed E-state index contributed by atoms with van der Waals surface area (Å²) in [6, 6.07) is 4.44. The van der Waals surface area contributed by atoms with Crippen molar-refractivity contribution in [3.63, 3.8) is 0 Å². The molecule has 0 spiro atoms. The lowest BCUT2D eigenvalue weighted by Gasteiger charge is -2.41. The third kappa shape index (κ3) is 4.68. The van der Waals surface area contributed by atoms with Crippen molar-refractivity contribution in [3.05, 3.63) is 41.7 Å². The van der Waals surface area contributed by atoms with Crippen LogP contribution in [0.4, 0.5) is 18.9 Å². The summed E-state index contributed by atoms with van der Waals surface area (Å²) in [6.45, 7) is 2.81. The van der Waals surface area contributed by atoms with Crippen LogP contribution in [0.3, 0.4) is 0 Å². The number of halogens is 3. The fourth-order valence-electron chi connectivity index (χ4n) is 3.56. The second-order valence-corrected chi connectivity index (χ2v) is 8.93. The van der Waals surface area contributed by atoms with Gasteiger partial charge in [0, 0.05) is 45.2 Å². The molecule has 1 aromatic carbocycles. The number of nitrogens with zero attached hydrogens (tertiary/aromatic N) is 5. The van der Waals surface area contributed by atoms with Crippen molar-refractivity contribution < 1.29 is 26.3 Å². The predicted molar refractivity (Wildman–Crippen MR) is 106 cm³/mol. The summed E-state index contributed by atoms with van der Waals surface area (Å²) in [5.74, 6) is 0. The quantitative estimate of drug-likeness (QED) is 0.661. The average Bonchev–Trinajstić information content (AvgIpc) is 3.23. The minimum atomic E-state index is -4.67. The molecule has 0 radical (unpaired) electrons. The first-order chi connectivity index (χ1) is 14.6. The van der Waals surface area contributed by atoms with Gasteiger partial charge in [-0.05, 0) is 25.1 Å². The van der Waals surface area contributed by atoms with Gasteiger partial charge in [-0.2, -0.15) is 27.8 Å². The fourth-order valence-corrected chi connectivity index (χ4v) is 5.11. The van der Waals surface area contributed by atoms with E-state index in [0.717, 1.165) is 12.1 Å². The smallest absolute Gasteiger partial charge is 0.383 e. The lowest BCUT2D eigenvalue weighted by atomic mass is 10.1. The monoisotopic (exact) mass is 457 g/mol. The van der Waals surface area contributed by atoms with E-state index in [0.29, 0.717) is 6.54 Å². The number of hydrogen-bond acceptors (Lipinski definition) is 6. The highest BCUT2D eigenvalue weighted by molar-refractivity contribution is 7.89. The maximum absolute atomic E-state index is 13.3. The summed E-state index contributed by atoms with van der Waals surface area (Å²) in [7, 11) is -2.42. The topological polar surface area (TPSA) is 91.5 Å². The van der Waals surface area contributed by atoms with Crippen LogP contribution in [0.15, 0.2) is 35.5 Å². The van der Waals surface area contributed by atoms with E-state index in [1.54, 1.807) is 11.0 Å². The van der Waals surface area contributed by atoms with Gasteiger partial charge in [-0.1, -0.05) is 0 Å². The zero-order valence-electron chi connectivity index (χ0n) is 17.0. The number of hydrogen-bond donors (Lipinski definition) is 0. The molecule has 1 aliphatic rings. The Kier molecular flexibility index (Phi) is 6.59. The first-order valence-electron chi connectivity index (χ1n) is 9.51. The fraction of sp³-hybridized carbons (Fsp3) is 0.474. The minimum Gasteiger partial charge on any atom is -0.383 e. The van der Waals surface area contributed by atoms with Crippen molar-refractivity contribution in [1.82, 2.24) is 14.1 Å². The Morgan fingerprint density at radius 1 is 1.32 bits per heavy atom. The lowest BCUT2D eigenvalue weighted by Crippen LogP contribution is -2.56. The predicted octanol–water partition coefficient (Wildman–Crippen LogP) is 2.32. The van der Waals surface area contributed by atoms with Crippen molar-refractivity contribution in [2.75, 3.05) is 38.3 Å². The van der Waals surface area contributed by atoms with Gasteiger partial charge in [-0.3, -0.25) is 4.68 Å². The first-order valence-corrected chi connectivity index (χ1v) is 10.9. The highest BCUT2D eigenvalue weighted by Crippen LogP contribution is 2.35. The molecule has 1 fully saturated rings. The van der Waals surface area contributed by atoms with Crippen LogP contribution in [0.2, 0.25) is 0 Å². The van der Waals surface area contributed by atoms with E-state index in [4.69, 9.17) is 10.00 Å². The summed E-state index contributed by atoms with van der Waals surface area (Å²) >= 11 is 0. The Morgan fingerprint density at radius 2 is 2.06 bits per heavy atom. The van der Waals surface area contributed by atoms with Crippen molar-refractivity contribution in [3.8, 4) is 6.07 Å². The zero-order chi connectivity index (χ0) is 22.8. The number of rotatable bonds is 6. The second kappa shape index (κ2) is 8.86. The largest absolute Gasteiger partial charge is 0.417 e. The van der Waals surface area contributed by atoms with E-state index in [9.17, 15) is 21.6 Å². The summed E-state index contributed by atoms with van der Waals surface area (Å²) < 4.78 is 74.3. The molecule has 1 atom stereocenters. The van der Waals surface area contributed by atoms with Crippen LogP contribution >= 0.6 is 0 Å². The van der Waals surface area contributed by atoms with Gasteiger partial charge in [-0.25, -0.2) is 8.42 Å². The van der Waals surface area contributed by atoms with E-state index in [1.165, 1.54) is 34.6 Å². The molecule has 0 saturated carbocycles. The highest BCUT2D eigenvalue weighted by Gasteiger charge is 2.38. The number of methoxy groups -OCH3 is 1. The Hall–Kier alpha value is -2.62. The van der Waals surface area contributed by atoms with E-state index >= 15 is 0 Å². The Morgan fingerprint density at radius 3 is 2.65 bits per heavy atom. The zero-order valence-corrected chi connectivity index (χ0v) is 17.8. The molecule has 1 saturated heterocycles. The maximum atomic E-state index is 13.3. The molecule has 1 aromatic heterocycles. The van der Waals surface area contributed by atoms with E-state index in [1.807, 2.05) is 6.92 Å². The van der Waals surface area contributed by atoms with Crippen LogP contribution in [0, 0.1) is 11.3 Å². The van der Waals surface area contributed by atoms with Gasteiger partial charge in [-0.15, -0.1) is 0 Å². The molecule has 0 N–H and O–H groups in total. The van der Waals surface area contributed by atoms with Gasteiger partial charge < -0.3 is 9.64 Å². The molecule has 3 rings (SSSR count). The molecule has 12 heteroatoms. The molecular formula is C19H22F3N5O3S. The van der Waals surface area contributed by atoms with E-state index < -0.39 is 33.4 Å². The maximum Gasteiger partial charge on any atom is 0.417 e. The van der Waals surface area contributed by atoms with Gasteiger partial charge in [0.1, 0.15) is 4.90 Å². The Balaban J connectivity index is 1.89. The number of piperazine rings is 1. The molecule has 0 bridgehead atoms. The van der Waals surface area contributed by atoms with Crippen LogP contribution in [-0.2, 0) is 27.5 Å². The second-order valence-electron chi connectivity index (χ2n) is 7.04. The van der Waals surface area contributed by atoms with Gasteiger partial charge in [0.25, 0.3) is 0 Å². The number of alkyl halides is 3. The third-order valence-electron chi connectivity index (χ3n) is 5.12. The normalized spacial score (nSPS) is 18.2. The number of ether oxygens (including phenoxy) is 1. The van der Waals surface area contributed by atoms with Crippen LogP contribution in [0.5, 0.6) is 0 Å². The number of benzene rings is 1. The van der Waals surface area contributed by atoms with Gasteiger partial charge in [0.15, 0.2) is 0 Å². The van der Waals surface area contributed by atoms with Crippen LogP contribution < -0.4 is 4.90 Å². The SMILES string of the molecule is CCn1cc(S(=O)(=O)N2CCN(c3ccc(C#N)c(C(F)(F)F)c3)CC2COC)cn1. The number of aryl methyl sites for hydroxylation is 1. The van der Waals surface area contributed by atoms with E-state index in [-0.39, 0.29) is 36.8 Å². The molecular weight excluding hydrogens is 435 g/mol. The van der Waals surface area contributed by atoms with Crippen LogP contribution in [0.1, 0.15) is 18.1 Å². The summed E-state index contributed by atoms with van der Waals surface area (Å²) in [6.07, 6.45) is -1.94. The number of sulfonamides is 1. The van der Waals surface area contributed by atoms with Gasteiger partial charge in [0.2, 0.25) is 10.0 Å². The highest BCUT2D eigenvalue weighted by atomic mass is 32.2. The molecule has 168 valence electrons. The molecule has 1 aliphatic heterocycles. The summed E-state index contributed by atoms with van der Waals surface area (Å²) in [5, 5.41) is 13.0. The van der Waals surface area contributed by atoms with E-state index in [2.05, 4.69) is 5.10 Å². The van der Waals surface area contributed by atoms with Crippen molar-refractivity contribution in [1.29, 1.82) is 5.26 Å². The molecule has 8 nitrogen and oxygen atoms in total. The van der Waals surface area contributed by atoms with Crippen molar-refractivity contribution in [2.24, 2.45) is 0 Å². The van der Waals surface area contributed by atoms with Crippen LogP contribution in [-0.4, -0.2) is 61.9 Å². The van der Waals surface area contributed by atoms with Gasteiger partial charge >= 0.3 is 6.18 Å². The lowest BCUT2D eigenvalue weighted by molar-refractivity contribution is -0.137. The van der Waals surface area contributed by atoms with Crippen molar-refractivity contribution in [2.45, 2.75) is 30.6 Å².